The molecular formula is C18H21N5O7. The highest BCUT2D eigenvalue weighted by Gasteiger charge is 2.45. The lowest BCUT2D eigenvalue weighted by Crippen LogP contribution is -2.61. The molecule has 12 heteroatoms. The van der Waals surface area contributed by atoms with E-state index in [4.69, 9.17) is 9.57 Å². The summed E-state index contributed by atoms with van der Waals surface area (Å²) in [4.78, 5) is 18.1. The number of ether oxygens (including phenoxy) is 1. The molecule has 4 rings (SSSR count). The van der Waals surface area contributed by atoms with Gasteiger partial charge in [-0.25, -0.2) is 15.0 Å². The summed E-state index contributed by atoms with van der Waals surface area (Å²) in [5.74, 6) is 0.568. The van der Waals surface area contributed by atoms with E-state index in [0.29, 0.717) is 17.9 Å². The third-order valence-electron chi connectivity index (χ3n) is 4.74. The molecule has 1 saturated heterocycles. The van der Waals surface area contributed by atoms with E-state index in [1.165, 1.54) is 12.7 Å². The number of fused-ring (bicyclic) bond motifs is 1. The summed E-state index contributed by atoms with van der Waals surface area (Å²) in [6.07, 6.45) is -4.51. The van der Waals surface area contributed by atoms with E-state index in [1.54, 1.807) is 18.2 Å². The van der Waals surface area contributed by atoms with Gasteiger partial charge in [0.25, 0.3) is 6.29 Å². The number of nitrogens with one attached hydrogen (secondary N) is 1. The van der Waals surface area contributed by atoms with Crippen molar-refractivity contribution in [3.8, 4) is 5.75 Å². The van der Waals surface area contributed by atoms with Crippen LogP contribution in [0.2, 0.25) is 0 Å². The zero-order valence-corrected chi connectivity index (χ0v) is 15.6. The Balaban J connectivity index is 1.53. The van der Waals surface area contributed by atoms with Crippen LogP contribution < -0.4 is 10.2 Å². The lowest BCUT2D eigenvalue weighted by atomic mass is 9.99. The predicted octanol–water partition coefficient (Wildman–Crippen LogP) is -1.63. The van der Waals surface area contributed by atoms with Gasteiger partial charge < -0.3 is 40.4 Å². The molecule has 6 N–H and O–H groups in total. The number of imidazole rings is 1. The van der Waals surface area contributed by atoms with E-state index < -0.39 is 37.3 Å². The van der Waals surface area contributed by atoms with Crippen LogP contribution in [-0.4, -0.2) is 82.5 Å². The van der Waals surface area contributed by atoms with Gasteiger partial charge in [-0.2, -0.15) is 0 Å². The summed E-state index contributed by atoms with van der Waals surface area (Å²) in [5, 5.41) is 51.9. The normalized spacial score (nSPS) is 26.6. The second-order valence-electron chi connectivity index (χ2n) is 6.79. The zero-order valence-electron chi connectivity index (χ0n) is 15.6. The van der Waals surface area contributed by atoms with Crippen molar-refractivity contribution in [2.45, 2.75) is 37.3 Å². The van der Waals surface area contributed by atoms with E-state index in [0.717, 1.165) is 10.3 Å². The highest BCUT2D eigenvalue weighted by Crippen LogP contribution is 2.23. The first-order valence-corrected chi connectivity index (χ1v) is 9.15. The maximum atomic E-state index is 10.1. The van der Waals surface area contributed by atoms with Crippen LogP contribution in [0.4, 0.5) is 5.82 Å². The van der Waals surface area contributed by atoms with Crippen LogP contribution in [0.3, 0.4) is 0 Å². The number of anilines is 1. The van der Waals surface area contributed by atoms with Gasteiger partial charge in [-0.1, -0.05) is 12.1 Å². The second kappa shape index (κ2) is 8.38. The van der Waals surface area contributed by atoms with Gasteiger partial charge in [0.15, 0.2) is 11.3 Å². The molecule has 0 spiro atoms. The molecule has 0 unspecified atom stereocenters. The molecule has 0 aliphatic carbocycles. The van der Waals surface area contributed by atoms with Gasteiger partial charge in [0.2, 0.25) is 5.65 Å². The van der Waals surface area contributed by atoms with E-state index >= 15 is 0 Å². The minimum Gasteiger partial charge on any atom is -0.508 e. The average molecular weight is 419 g/mol. The number of nitrogens with zero attached hydrogens (tertiary/aromatic N) is 4. The number of hydrogen-bond acceptors (Lipinski definition) is 11. The van der Waals surface area contributed by atoms with Crippen LogP contribution >= 0.6 is 0 Å². The van der Waals surface area contributed by atoms with Crippen LogP contribution in [0, 0.1) is 0 Å². The van der Waals surface area contributed by atoms with Crippen LogP contribution in [0.1, 0.15) is 5.56 Å². The summed E-state index contributed by atoms with van der Waals surface area (Å²) in [6.45, 7) is -0.193. The molecule has 5 atom stereocenters. The zero-order chi connectivity index (χ0) is 21.3. The number of hydrogen-bond donors (Lipinski definition) is 6. The Morgan fingerprint density at radius 3 is 2.70 bits per heavy atom. The quantitative estimate of drug-likeness (QED) is 0.271. The average Bonchev–Trinajstić information content (AvgIpc) is 3.16. The molecule has 3 heterocycles. The Morgan fingerprint density at radius 1 is 1.10 bits per heavy atom. The SMILES string of the molecule is OC[C@H]1O[C@@H](On2cnc3c(NCc4cccc(O)c4)ncnc32)[C@H](O)[C@@H](O)[C@@H]1O. The summed E-state index contributed by atoms with van der Waals surface area (Å²) < 4.78 is 6.48. The van der Waals surface area contributed by atoms with Crippen molar-refractivity contribution >= 4 is 17.0 Å². The van der Waals surface area contributed by atoms with Crippen molar-refractivity contribution in [2.75, 3.05) is 11.9 Å². The molecular weight excluding hydrogens is 398 g/mol. The molecule has 0 radical (unpaired) electrons. The highest BCUT2D eigenvalue weighted by molar-refractivity contribution is 5.82. The van der Waals surface area contributed by atoms with Gasteiger partial charge in [-0.05, 0) is 17.7 Å². The predicted molar refractivity (Wildman–Crippen MR) is 101 cm³/mol. The number of aromatic hydroxyl groups is 1. The van der Waals surface area contributed by atoms with Gasteiger partial charge in [-0.15, -0.1) is 4.73 Å². The van der Waals surface area contributed by atoms with Gasteiger partial charge in [0, 0.05) is 6.54 Å². The first kappa shape index (κ1) is 20.3. The minimum absolute atomic E-state index is 0.152. The van der Waals surface area contributed by atoms with Gasteiger partial charge in [0.05, 0.1) is 6.61 Å². The molecule has 2 aromatic heterocycles. The summed E-state index contributed by atoms with van der Waals surface area (Å²) in [7, 11) is 0. The number of phenols is 1. The molecule has 160 valence electrons. The van der Waals surface area contributed by atoms with Crippen molar-refractivity contribution in [3.63, 3.8) is 0 Å². The van der Waals surface area contributed by atoms with Crippen molar-refractivity contribution in [3.05, 3.63) is 42.5 Å². The van der Waals surface area contributed by atoms with E-state index in [9.17, 15) is 25.5 Å². The maximum Gasteiger partial charge on any atom is 0.254 e. The van der Waals surface area contributed by atoms with Crippen LogP contribution in [0.15, 0.2) is 36.9 Å². The number of benzene rings is 1. The molecule has 1 aromatic carbocycles. The lowest BCUT2D eigenvalue weighted by molar-refractivity contribution is -0.299. The third kappa shape index (κ3) is 3.86. The summed E-state index contributed by atoms with van der Waals surface area (Å²) >= 11 is 0. The standard InChI is InChI=1S/C18H21N5O7/c24-6-11-13(26)14(27)15(28)18(29-11)30-23-8-22-12-16(20-7-21-17(12)23)19-5-9-2-1-3-10(25)4-9/h1-4,7-8,11,13-15,18,24-28H,5-6H2,(H,19,20,21)/t11-,13-,14+,15-,18+/m1/s1. The fraction of sp³-hybridized carbons (Fsp3) is 0.389. The van der Waals surface area contributed by atoms with E-state index in [-0.39, 0.29) is 11.4 Å². The fourth-order valence-electron chi connectivity index (χ4n) is 3.14. The molecule has 0 bridgehead atoms. The van der Waals surface area contributed by atoms with Crippen molar-refractivity contribution in [2.24, 2.45) is 0 Å². The number of phenolic OH excluding ortho intramolecular Hbond substituents is 1. The molecule has 12 nitrogen and oxygen atoms in total. The third-order valence-corrected chi connectivity index (χ3v) is 4.74. The Kier molecular flexibility index (Phi) is 5.65. The van der Waals surface area contributed by atoms with Crippen LogP contribution in [-0.2, 0) is 11.3 Å². The molecule has 3 aromatic rings. The fourth-order valence-corrected chi connectivity index (χ4v) is 3.14. The minimum atomic E-state index is -1.56. The Bertz CT molecular complexity index is 1010. The Labute approximate surface area is 169 Å². The first-order chi connectivity index (χ1) is 14.5. The van der Waals surface area contributed by atoms with Crippen molar-refractivity contribution in [1.82, 2.24) is 19.7 Å². The number of rotatable bonds is 6. The smallest absolute Gasteiger partial charge is 0.254 e. The summed E-state index contributed by atoms with van der Waals surface area (Å²) in [6, 6.07) is 6.76. The van der Waals surface area contributed by atoms with Crippen molar-refractivity contribution < 1.29 is 35.1 Å². The van der Waals surface area contributed by atoms with Gasteiger partial charge in [-0.3, -0.25) is 0 Å². The molecule has 0 amide bonds. The number of aliphatic hydroxyl groups is 4. The Morgan fingerprint density at radius 2 is 1.93 bits per heavy atom. The largest absolute Gasteiger partial charge is 0.508 e. The van der Waals surface area contributed by atoms with E-state index in [1.807, 2.05) is 6.07 Å². The number of aliphatic hydroxyl groups excluding tert-OH is 4. The Hall–Kier alpha value is -3.03. The molecule has 0 saturated carbocycles. The van der Waals surface area contributed by atoms with Crippen LogP contribution in [0.5, 0.6) is 5.75 Å². The van der Waals surface area contributed by atoms with E-state index in [2.05, 4.69) is 20.3 Å². The maximum absolute atomic E-state index is 10.1. The molecule has 30 heavy (non-hydrogen) atoms. The van der Waals surface area contributed by atoms with Gasteiger partial charge >= 0.3 is 0 Å². The summed E-state index contributed by atoms with van der Waals surface area (Å²) in [5.41, 5.74) is 1.47. The highest BCUT2D eigenvalue weighted by atomic mass is 16.8. The lowest BCUT2D eigenvalue weighted by Gasteiger charge is -2.39. The molecule has 1 aliphatic rings. The topological polar surface area (TPSA) is 175 Å². The second-order valence-corrected chi connectivity index (χ2v) is 6.79. The molecule has 1 fully saturated rings. The monoisotopic (exact) mass is 419 g/mol. The molecule has 1 aliphatic heterocycles. The van der Waals surface area contributed by atoms with Crippen molar-refractivity contribution in [1.29, 1.82) is 0 Å². The van der Waals surface area contributed by atoms with Gasteiger partial charge in [0.1, 0.15) is 42.8 Å². The van der Waals surface area contributed by atoms with Crippen LogP contribution in [0.25, 0.3) is 11.2 Å². The number of aromatic nitrogens is 4. The first-order valence-electron chi connectivity index (χ1n) is 9.15.